The first kappa shape index (κ1) is 11.7. The Morgan fingerprint density at radius 2 is 2.12 bits per heavy atom. The van der Waals surface area contributed by atoms with E-state index in [0.717, 1.165) is 5.56 Å². The number of benzene rings is 1. The highest BCUT2D eigenvalue weighted by atomic mass is 35.5. The predicted molar refractivity (Wildman–Crippen MR) is 65.6 cm³/mol. The first-order chi connectivity index (χ1) is 8.16. The number of nitrogens with zero attached hydrogens (tertiary/aromatic N) is 2. The van der Waals surface area contributed by atoms with Crippen molar-refractivity contribution in [2.24, 2.45) is 0 Å². The molecule has 1 aromatic heterocycles. The first-order valence-electron chi connectivity index (χ1n) is 5.17. The lowest BCUT2D eigenvalue weighted by atomic mass is 10.1. The third-order valence-corrected chi connectivity index (χ3v) is 2.60. The molecular weight excluding hydrogens is 238 g/mol. The Labute approximate surface area is 104 Å². The minimum absolute atomic E-state index is 0.0985. The first-order valence-corrected chi connectivity index (χ1v) is 5.54. The molecule has 0 fully saturated rings. The van der Waals surface area contributed by atoms with Gasteiger partial charge in [0.05, 0.1) is 6.33 Å². The molecule has 0 aliphatic heterocycles. The highest BCUT2D eigenvalue weighted by Crippen LogP contribution is 2.18. The second kappa shape index (κ2) is 5.01. The summed E-state index contributed by atoms with van der Waals surface area (Å²) in [6, 6.07) is 7.34. The molecule has 0 aliphatic rings. The van der Waals surface area contributed by atoms with Gasteiger partial charge in [0.1, 0.15) is 6.17 Å². The van der Waals surface area contributed by atoms with Gasteiger partial charge in [-0.3, -0.25) is 4.79 Å². The van der Waals surface area contributed by atoms with E-state index in [4.69, 9.17) is 11.6 Å². The molecule has 0 saturated heterocycles. The standard InChI is InChI=1S/C12H12ClN3O/c1-9(17)15-12(16-7-6-14-8-16)10-2-4-11(13)5-3-10/h2-8,12H,1H3,(H,15,17). The van der Waals surface area contributed by atoms with Gasteiger partial charge in [0.2, 0.25) is 5.91 Å². The Kier molecular flexibility index (Phi) is 3.44. The van der Waals surface area contributed by atoms with E-state index in [1.165, 1.54) is 6.92 Å². The lowest BCUT2D eigenvalue weighted by Gasteiger charge is -2.19. The van der Waals surface area contributed by atoms with Crippen LogP contribution in [0.25, 0.3) is 0 Å². The highest BCUT2D eigenvalue weighted by Gasteiger charge is 2.13. The summed E-state index contributed by atoms with van der Waals surface area (Å²) in [5.41, 5.74) is 0.947. The lowest BCUT2D eigenvalue weighted by Crippen LogP contribution is -2.30. The van der Waals surface area contributed by atoms with Crippen LogP contribution in [-0.2, 0) is 4.79 Å². The molecule has 0 saturated carbocycles. The molecule has 4 nitrogen and oxygen atoms in total. The van der Waals surface area contributed by atoms with E-state index in [-0.39, 0.29) is 12.1 Å². The van der Waals surface area contributed by atoms with Gasteiger partial charge < -0.3 is 9.88 Å². The van der Waals surface area contributed by atoms with Crippen molar-refractivity contribution < 1.29 is 4.79 Å². The monoisotopic (exact) mass is 249 g/mol. The number of carbonyl (C=O) groups is 1. The smallest absolute Gasteiger partial charge is 0.218 e. The maximum absolute atomic E-state index is 11.2. The van der Waals surface area contributed by atoms with Crippen molar-refractivity contribution in [3.05, 3.63) is 53.6 Å². The molecule has 1 N–H and O–H groups in total. The van der Waals surface area contributed by atoms with Crippen LogP contribution >= 0.6 is 11.6 Å². The number of aromatic nitrogens is 2. The predicted octanol–water partition coefficient (Wildman–Crippen LogP) is 2.22. The molecular formula is C12H12ClN3O. The number of imidazole rings is 1. The van der Waals surface area contributed by atoms with Gasteiger partial charge in [0.15, 0.2) is 0 Å². The molecule has 1 unspecified atom stereocenters. The van der Waals surface area contributed by atoms with Crippen LogP contribution in [0.3, 0.4) is 0 Å². The molecule has 0 aliphatic carbocycles. The van der Waals surface area contributed by atoms with Crippen LogP contribution in [0.4, 0.5) is 0 Å². The lowest BCUT2D eigenvalue weighted by molar-refractivity contribution is -0.119. The van der Waals surface area contributed by atoms with Crippen LogP contribution in [0.1, 0.15) is 18.7 Å². The van der Waals surface area contributed by atoms with E-state index in [1.807, 2.05) is 16.7 Å². The quantitative estimate of drug-likeness (QED) is 0.907. The van der Waals surface area contributed by atoms with Gasteiger partial charge in [-0.15, -0.1) is 0 Å². The fourth-order valence-electron chi connectivity index (χ4n) is 1.59. The van der Waals surface area contributed by atoms with Crippen molar-refractivity contribution in [2.75, 3.05) is 0 Å². The summed E-state index contributed by atoms with van der Waals surface area (Å²) >= 11 is 5.84. The van der Waals surface area contributed by atoms with E-state index in [2.05, 4.69) is 10.3 Å². The number of halogens is 1. The number of hydrogen-bond donors (Lipinski definition) is 1. The number of rotatable bonds is 3. The fourth-order valence-corrected chi connectivity index (χ4v) is 1.72. The fraction of sp³-hybridized carbons (Fsp3) is 0.167. The molecule has 5 heteroatoms. The van der Waals surface area contributed by atoms with Crippen LogP contribution in [0.2, 0.25) is 5.02 Å². The van der Waals surface area contributed by atoms with Crippen LogP contribution in [-0.4, -0.2) is 15.5 Å². The van der Waals surface area contributed by atoms with Gasteiger partial charge in [-0.05, 0) is 17.7 Å². The summed E-state index contributed by atoms with van der Waals surface area (Å²) in [4.78, 5) is 15.2. The van der Waals surface area contributed by atoms with Crippen LogP contribution in [0.5, 0.6) is 0 Å². The molecule has 0 radical (unpaired) electrons. The molecule has 1 aromatic carbocycles. The molecule has 17 heavy (non-hydrogen) atoms. The third-order valence-electron chi connectivity index (χ3n) is 2.35. The average molecular weight is 250 g/mol. The second-order valence-electron chi connectivity index (χ2n) is 3.66. The maximum atomic E-state index is 11.2. The number of carbonyl (C=O) groups excluding carboxylic acids is 1. The number of amides is 1. The summed E-state index contributed by atoms with van der Waals surface area (Å²) in [5, 5.41) is 3.53. The maximum Gasteiger partial charge on any atom is 0.218 e. The molecule has 88 valence electrons. The van der Waals surface area contributed by atoms with Gasteiger partial charge in [0, 0.05) is 24.3 Å². The summed E-state index contributed by atoms with van der Waals surface area (Å²) < 4.78 is 1.82. The largest absolute Gasteiger partial charge is 0.332 e. The van der Waals surface area contributed by atoms with E-state index in [0.29, 0.717) is 5.02 Å². The Balaban J connectivity index is 2.33. The average Bonchev–Trinajstić information content (AvgIpc) is 2.80. The molecule has 1 heterocycles. The summed E-state index contributed by atoms with van der Waals surface area (Å²) in [7, 11) is 0. The van der Waals surface area contributed by atoms with E-state index in [1.54, 1.807) is 30.9 Å². The van der Waals surface area contributed by atoms with Crippen LogP contribution < -0.4 is 5.32 Å². The van der Waals surface area contributed by atoms with E-state index in [9.17, 15) is 4.79 Å². The van der Waals surface area contributed by atoms with Crippen molar-refractivity contribution in [1.82, 2.24) is 14.9 Å². The van der Waals surface area contributed by atoms with Gasteiger partial charge in [0.25, 0.3) is 0 Å². The van der Waals surface area contributed by atoms with Gasteiger partial charge in [-0.1, -0.05) is 23.7 Å². The normalized spacial score (nSPS) is 12.1. The minimum atomic E-state index is -0.257. The van der Waals surface area contributed by atoms with Crippen LogP contribution in [0, 0.1) is 0 Å². The zero-order valence-electron chi connectivity index (χ0n) is 9.30. The summed E-state index contributed by atoms with van der Waals surface area (Å²) in [5.74, 6) is -0.0985. The van der Waals surface area contributed by atoms with Crippen molar-refractivity contribution in [3.63, 3.8) is 0 Å². The van der Waals surface area contributed by atoms with Crippen molar-refractivity contribution in [1.29, 1.82) is 0 Å². The van der Waals surface area contributed by atoms with Gasteiger partial charge in [-0.25, -0.2) is 4.98 Å². The zero-order valence-corrected chi connectivity index (χ0v) is 10.1. The molecule has 1 atom stereocenters. The molecule has 2 aromatic rings. The Bertz CT molecular complexity index is 493. The van der Waals surface area contributed by atoms with Crippen molar-refractivity contribution in [2.45, 2.75) is 13.1 Å². The number of hydrogen-bond acceptors (Lipinski definition) is 2. The van der Waals surface area contributed by atoms with E-state index >= 15 is 0 Å². The third kappa shape index (κ3) is 2.85. The van der Waals surface area contributed by atoms with Crippen molar-refractivity contribution in [3.8, 4) is 0 Å². The zero-order chi connectivity index (χ0) is 12.3. The summed E-state index contributed by atoms with van der Waals surface area (Å²) in [6.07, 6.45) is 4.88. The Morgan fingerprint density at radius 3 is 2.65 bits per heavy atom. The Hall–Kier alpha value is -1.81. The topological polar surface area (TPSA) is 46.9 Å². The van der Waals surface area contributed by atoms with Crippen molar-refractivity contribution >= 4 is 17.5 Å². The number of nitrogens with one attached hydrogen (secondary N) is 1. The molecule has 2 rings (SSSR count). The second-order valence-corrected chi connectivity index (χ2v) is 4.10. The van der Waals surface area contributed by atoms with Gasteiger partial charge >= 0.3 is 0 Å². The molecule has 1 amide bonds. The van der Waals surface area contributed by atoms with Gasteiger partial charge in [-0.2, -0.15) is 0 Å². The highest BCUT2D eigenvalue weighted by molar-refractivity contribution is 6.30. The SMILES string of the molecule is CC(=O)NC(c1ccc(Cl)cc1)n1ccnc1. The summed E-state index contributed by atoms with van der Waals surface area (Å²) in [6.45, 7) is 1.49. The van der Waals surface area contributed by atoms with E-state index < -0.39 is 0 Å². The molecule has 0 bridgehead atoms. The van der Waals surface area contributed by atoms with Crippen LogP contribution in [0.15, 0.2) is 43.0 Å². The Morgan fingerprint density at radius 1 is 1.41 bits per heavy atom. The molecule has 0 spiro atoms. The minimum Gasteiger partial charge on any atom is -0.332 e.